The highest BCUT2D eigenvalue weighted by Gasteiger charge is 2.25. The monoisotopic (exact) mass is 431 g/mol. The maximum Gasteiger partial charge on any atom is 0.374 e. The summed E-state index contributed by atoms with van der Waals surface area (Å²) in [6.07, 6.45) is 0. The highest BCUT2D eigenvalue weighted by atomic mass is 35.5. The van der Waals surface area contributed by atoms with E-state index < -0.39 is 17.0 Å². The third-order valence-corrected chi connectivity index (χ3v) is 5.80. The number of fused-ring (bicyclic) bond motifs is 1. The Morgan fingerprint density at radius 2 is 1.64 bits per heavy atom. The van der Waals surface area contributed by atoms with Crippen LogP contribution in [0, 0.1) is 0 Å². The second-order valence-corrected chi connectivity index (χ2v) is 7.54. The second kappa shape index (κ2) is 7.71. The molecule has 2 aromatic heterocycles. The number of halogens is 2. The molecule has 0 spiro atoms. The lowest BCUT2D eigenvalue weighted by atomic mass is 10.2. The molecule has 0 amide bonds. The number of nitrogens with zero attached hydrogens (tertiary/aromatic N) is 3. The smallest absolute Gasteiger partial charge is 0.342 e. The third-order valence-electron chi connectivity index (χ3n) is 3.99. The molecule has 4 aromatic rings. The molecular formula is C19H11Cl2N3O3S. The molecule has 1 unspecified atom stereocenters. The van der Waals surface area contributed by atoms with Crippen molar-refractivity contribution in [2.45, 2.75) is 4.90 Å². The van der Waals surface area contributed by atoms with Crippen LogP contribution in [0.4, 0.5) is 0 Å². The Labute approximate surface area is 172 Å². The maximum absolute atomic E-state index is 13.2. The number of rotatable bonds is 4. The minimum atomic E-state index is -1.79. The first-order chi connectivity index (χ1) is 13.6. The van der Waals surface area contributed by atoms with Gasteiger partial charge in [-0.15, -0.1) is 0 Å². The van der Waals surface area contributed by atoms with E-state index in [1.54, 1.807) is 30.3 Å². The van der Waals surface area contributed by atoms with Crippen LogP contribution in [0.3, 0.4) is 0 Å². The van der Waals surface area contributed by atoms with Crippen molar-refractivity contribution in [2.75, 3.05) is 0 Å². The summed E-state index contributed by atoms with van der Waals surface area (Å²) in [5.74, 6) is -0.533. The Hall–Kier alpha value is -2.74. The van der Waals surface area contributed by atoms with E-state index in [1.807, 2.05) is 30.3 Å². The van der Waals surface area contributed by atoms with Crippen LogP contribution in [0.25, 0.3) is 22.4 Å². The number of carbonyl (C=O) groups excluding carboxylic acids is 1. The zero-order chi connectivity index (χ0) is 19.7. The van der Waals surface area contributed by atoms with Crippen LogP contribution in [0.1, 0.15) is 10.5 Å². The van der Waals surface area contributed by atoms with Crippen LogP contribution in [0.5, 0.6) is 0 Å². The average molecular weight is 432 g/mol. The minimum absolute atomic E-state index is 0.0476. The summed E-state index contributed by atoms with van der Waals surface area (Å²) in [6, 6.07) is 19.3. The Balaban J connectivity index is 2.01. The van der Waals surface area contributed by atoms with E-state index in [1.165, 1.54) is 10.0 Å². The molecule has 1 atom stereocenters. The molecule has 0 aliphatic carbocycles. The first kappa shape index (κ1) is 18.6. The van der Waals surface area contributed by atoms with Crippen molar-refractivity contribution in [3.8, 4) is 11.4 Å². The van der Waals surface area contributed by atoms with Gasteiger partial charge in [0.25, 0.3) is 0 Å². The van der Waals surface area contributed by atoms with Gasteiger partial charge in [0.05, 0.1) is 10.3 Å². The van der Waals surface area contributed by atoms with Crippen LogP contribution in [0.2, 0.25) is 5.15 Å². The average Bonchev–Trinajstić information content (AvgIpc) is 3.14. The lowest BCUT2D eigenvalue weighted by Crippen LogP contribution is -2.14. The van der Waals surface area contributed by atoms with Gasteiger partial charge in [0.15, 0.2) is 22.5 Å². The van der Waals surface area contributed by atoms with Crippen molar-refractivity contribution >= 4 is 51.5 Å². The Kier molecular flexibility index (Phi) is 5.13. The van der Waals surface area contributed by atoms with Crippen LogP contribution in [-0.4, -0.2) is 24.1 Å². The number of carbonyl (C=O) groups is 1. The van der Waals surface area contributed by atoms with Crippen molar-refractivity contribution in [1.82, 2.24) is 13.9 Å². The van der Waals surface area contributed by atoms with Gasteiger partial charge in [-0.1, -0.05) is 60.1 Å². The van der Waals surface area contributed by atoms with Gasteiger partial charge in [0.1, 0.15) is 22.7 Å². The van der Waals surface area contributed by atoms with E-state index in [2.05, 4.69) is 14.3 Å². The predicted octanol–water partition coefficient (Wildman–Crippen LogP) is 4.63. The van der Waals surface area contributed by atoms with E-state index in [0.717, 1.165) is 5.56 Å². The standard InChI is InChI=1S/C19H11Cl2N3O3S/c20-16-14-11-15(19(25)27-21)24(28(26)13-9-5-2-6-10-13)18(14)23-17(22-16)12-7-3-1-4-8-12/h1-11H. The molecule has 9 heteroatoms. The summed E-state index contributed by atoms with van der Waals surface area (Å²) in [5.41, 5.74) is 0.915. The van der Waals surface area contributed by atoms with Crippen LogP contribution < -0.4 is 0 Å². The summed E-state index contributed by atoms with van der Waals surface area (Å²) in [4.78, 5) is 21.5. The number of hydrogen-bond donors (Lipinski definition) is 0. The topological polar surface area (TPSA) is 74.1 Å². The molecule has 0 bridgehead atoms. The van der Waals surface area contributed by atoms with E-state index in [-0.39, 0.29) is 16.5 Å². The van der Waals surface area contributed by atoms with Gasteiger partial charge < -0.3 is 4.29 Å². The van der Waals surface area contributed by atoms with Gasteiger partial charge in [-0.05, 0) is 18.2 Å². The van der Waals surface area contributed by atoms with Crippen molar-refractivity contribution in [3.05, 3.63) is 77.6 Å². The summed E-state index contributed by atoms with van der Waals surface area (Å²) >= 11 is 11.6. The molecule has 2 aromatic carbocycles. The van der Waals surface area contributed by atoms with Gasteiger partial charge in [0.2, 0.25) is 0 Å². The van der Waals surface area contributed by atoms with Gasteiger partial charge in [-0.2, -0.15) is 0 Å². The van der Waals surface area contributed by atoms with Crippen molar-refractivity contribution < 1.29 is 13.3 Å². The van der Waals surface area contributed by atoms with E-state index in [9.17, 15) is 9.00 Å². The fourth-order valence-corrected chi connectivity index (χ4v) is 4.23. The number of benzene rings is 2. The molecule has 0 N–H and O–H groups in total. The highest BCUT2D eigenvalue weighted by molar-refractivity contribution is 7.83. The highest BCUT2D eigenvalue weighted by Crippen LogP contribution is 2.30. The second-order valence-electron chi connectivity index (χ2n) is 5.69. The van der Waals surface area contributed by atoms with Gasteiger partial charge in [-0.25, -0.2) is 22.9 Å². The van der Waals surface area contributed by atoms with Gasteiger partial charge in [-0.3, -0.25) is 0 Å². The molecule has 2 heterocycles. The summed E-state index contributed by atoms with van der Waals surface area (Å²) < 4.78 is 18.8. The van der Waals surface area contributed by atoms with Crippen molar-refractivity contribution in [2.24, 2.45) is 0 Å². The lowest BCUT2D eigenvalue weighted by Gasteiger charge is -2.09. The van der Waals surface area contributed by atoms with E-state index in [0.29, 0.717) is 16.1 Å². The Morgan fingerprint density at radius 3 is 2.29 bits per heavy atom. The van der Waals surface area contributed by atoms with Crippen LogP contribution >= 0.6 is 23.5 Å². The van der Waals surface area contributed by atoms with E-state index in [4.69, 9.17) is 23.5 Å². The largest absolute Gasteiger partial charge is 0.374 e. The van der Waals surface area contributed by atoms with E-state index >= 15 is 0 Å². The quantitative estimate of drug-likeness (QED) is 0.440. The molecule has 140 valence electrons. The maximum atomic E-state index is 13.2. The molecule has 4 rings (SSSR count). The van der Waals surface area contributed by atoms with Gasteiger partial charge >= 0.3 is 5.97 Å². The molecule has 0 saturated carbocycles. The fraction of sp³-hybridized carbons (Fsp3) is 0. The molecule has 28 heavy (non-hydrogen) atoms. The molecular weight excluding hydrogens is 421 g/mol. The predicted molar refractivity (Wildman–Crippen MR) is 107 cm³/mol. The summed E-state index contributed by atoms with van der Waals surface area (Å²) in [6.45, 7) is 0. The molecule has 0 saturated heterocycles. The summed E-state index contributed by atoms with van der Waals surface area (Å²) in [5, 5.41) is 0.485. The Bertz CT molecular complexity index is 1200. The normalized spacial score (nSPS) is 12.1. The number of aromatic nitrogens is 3. The number of hydrogen-bond acceptors (Lipinski definition) is 5. The summed E-state index contributed by atoms with van der Waals surface area (Å²) in [7, 11) is -1.79. The van der Waals surface area contributed by atoms with Crippen LogP contribution in [-0.2, 0) is 15.3 Å². The van der Waals surface area contributed by atoms with Gasteiger partial charge in [0, 0.05) is 5.56 Å². The van der Waals surface area contributed by atoms with Crippen molar-refractivity contribution in [3.63, 3.8) is 0 Å². The molecule has 0 fully saturated rings. The zero-order valence-electron chi connectivity index (χ0n) is 14.1. The Morgan fingerprint density at radius 1 is 1.00 bits per heavy atom. The fourth-order valence-electron chi connectivity index (χ4n) is 2.73. The first-order valence-electron chi connectivity index (χ1n) is 8.05. The SMILES string of the molecule is O=C(OCl)c1cc2c(Cl)nc(-c3ccccc3)nc2n1S(=O)c1ccccc1. The molecule has 6 nitrogen and oxygen atoms in total. The molecule has 0 radical (unpaired) electrons. The lowest BCUT2D eigenvalue weighted by molar-refractivity contribution is 0.0744. The van der Waals surface area contributed by atoms with Crippen LogP contribution in [0.15, 0.2) is 71.6 Å². The third kappa shape index (κ3) is 3.28. The molecule has 0 aliphatic rings. The first-order valence-corrected chi connectivity index (χ1v) is 9.84. The van der Waals surface area contributed by atoms with Crippen molar-refractivity contribution in [1.29, 1.82) is 0 Å². The minimum Gasteiger partial charge on any atom is -0.342 e. The zero-order valence-corrected chi connectivity index (χ0v) is 16.4. The molecule has 0 aliphatic heterocycles.